The van der Waals surface area contributed by atoms with Gasteiger partial charge in [-0.15, -0.1) is 0 Å². The van der Waals surface area contributed by atoms with Crippen molar-refractivity contribution in [2.45, 2.75) is 18.4 Å². The van der Waals surface area contributed by atoms with Crippen molar-refractivity contribution in [1.29, 1.82) is 0 Å². The average Bonchev–Trinajstić information content (AvgIpc) is 3.19. The number of carbonyl (C=O) groups is 3. The van der Waals surface area contributed by atoms with Crippen LogP contribution in [-0.2, 0) is 19.2 Å². The molecule has 0 bridgehead atoms. The zero-order valence-corrected chi connectivity index (χ0v) is 19.2. The maximum Gasteiger partial charge on any atom is 0.407 e. The molecule has 1 unspecified atom stereocenters. The molecule has 0 aliphatic heterocycles. The molecule has 180 valence electrons. The van der Waals surface area contributed by atoms with E-state index in [1.807, 2.05) is 42.5 Å². The van der Waals surface area contributed by atoms with Gasteiger partial charge >= 0.3 is 12.1 Å². The Balaban J connectivity index is 1.43. The lowest BCUT2D eigenvalue weighted by Gasteiger charge is -2.22. The highest BCUT2D eigenvalue weighted by Gasteiger charge is 2.29. The van der Waals surface area contributed by atoms with Crippen molar-refractivity contribution in [2.24, 2.45) is 0 Å². The maximum absolute atomic E-state index is 12.8. The smallest absolute Gasteiger partial charge is 0.407 e. The lowest BCUT2D eigenvalue weighted by molar-refractivity contribution is -0.186. The van der Waals surface area contributed by atoms with Crippen LogP contribution in [0.25, 0.3) is 11.1 Å². The molecule has 4 rings (SSSR count). The second kappa shape index (κ2) is 10.8. The molecule has 1 aliphatic rings. The number of hydrogen-bond acceptors (Lipinski definition) is 5. The van der Waals surface area contributed by atoms with Gasteiger partial charge in [-0.3, -0.25) is 9.63 Å². The number of carbonyl (C=O) groups excluding carboxylic acids is 2. The number of carboxylic acids is 1. The highest BCUT2D eigenvalue weighted by atomic mass is 16.7. The summed E-state index contributed by atoms with van der Waals surface area (Å²) >= 11 is 0. The molecule has 3 aromatic carbocycles. The van der Waals surface area contributed by atoms with Crippen molar-refractivity contribution >= 4 is 18.0 Å². The first-order valence-corrected chi connectivity index (χ1v) is 11.2. The van der Waals surface area contributed by atoms with Crippen molar-refractivity contribution in [1.82, 2.24) is 10.4 Å². The van der Waals surface area contributed by atoms with Crippen LogP contribution in [0.4, 0.5) is 4.79 Å². The van der Waals surface area contributed by atoms with Gasteiger partial charge < -0.3 is 15.2 Å². The quantitative estimate of drug-likeness (QED) is 0.452. The van der Waals surface area contributed by atoms with E-state index >= 15 is 0 Å². The Hall–Kier alpha value is -4.17. The average molecular weight is 475 g/mol. The van der Waals surface area contributed by atoms with E-state index < -0.39 is 30.6 Å². The fourth-order valence-corrected chi connectivity index (χ4v) is 4.25. The maximum atomic E-state index is 12.8. The SMILES string of the molecule is CN(OCC(=O)O)C(=O)CC(NC(=O)OCC1c2ccccc2-c2ccccc21)c1ccccc1. The van der Waals surface area contributed by atoms with Gasteiger partial charge in [0.05, 0.1) is 12.5 Å². The van der Waals surface area contributed by atoms with Crippen LogP contribution in [0.2, 0.25) is 0 Å². The fraction of sp³-hybridized carbons (Fsp3) is 0.222. The Morgan fingerprint density at radius 2 is 1.49 bits per heavy atom. The summed E-state index contributed by atoms with van der Waals surface area (Å²) in [5, 5.41) is 12.4. The Kier molecular flexibility index (Phi) is 7.42. The van der Waals surface area contributed by atoms with Crippen molar-refractivity contribution < 1.29 is 29.1 Å². The molecule has 3 aromatic rings. The lowest BCUT2D eigenvalue weighted by Crippen LogP contribution is -2.36. The third kappa shape index (κ3) is 5.67. The highest BCUT2D eigenvalue weighted by Crippen LogP contribution is 2.44. The summed E-state index contributed by atoms with van der Waals surface area (Å²) in [5.41, 5.74) is 5.19. The van der Waals surface area contributed by atoms with Crippen molar-refractivity contribution in [3.8, 4) is 11.1 Å². The Labute approximate surface area is 203 Å². The molecular weight excluding hydrogens is 448 g/mol. The van der Waals surface area contributed by atoms with Gasteiger partial charge in [0.25, 0.3) is 0 Å². The minimum absolute atomic E-state index is 0.0829. The number of nitrogens with zero attached hydrogens (tertiary/aromatic N) is 1. The predicted molar refractivity (Wildman–Crippen MR) is 128 cm³/mol. The number of hydrogen-bond donors (Lipinski definition) is 2. The van der Waals surface area contributed by atoms with Gasteiger partial charge in [0.15, 0.2) is 6.61 Å². The van der Waals surface area contributed by atoms with E-state index in [0.29, 0.717) is 5.56 Å². The molecule has 8 heteroatoms. The van der Waals surface area contributed by atoms with E-state index in [2.05, 4.69) is 17.4 Å². The Morgan fingerprint density at radius 1 is 0.914 bits per heavy atom. The molecule has 0 fully saturated rings. The largest absolute Gasteiger partial charge is 0.479 e. The zero-order chi connectivity index (χ0) is 24.8. The summed E-state index contributed by atoms with van der Waals surface area (Å²) < 4.78 is 5.63. The van der Waals surface area contributed by atoms with E-state index in [0.717, 1.165) is 27.3 Å². The number of amides is 2. The van der Waals surface area contributed by atoms with Gasteiger partial charge in [-0.25, -0.2) is 14.7 Å². The molecule has 0 spiro atoms. The van der Waals surface area contributed by atoms with Gasteiger partial charge in [0.1, 0.15) is 6.61 Å². The van der Waals surface area contributed by atoms with Crippen LogP contribution in [0.1, 0.15) is 35.1 Å². The molecular formula is C27H26N2O6. The number of benzene rings is 3. The summed E-state index contributed by atoms with van der Waals surface area (Å²) in [5.74, 6) is -1.76. The molecule has 0 saturated heterocycles. The van der Waals surface area contributed by atoms with Crippen LogP contribution < -0.4 is 5.32 Å². The van der Waals surface area contributed by atoms with Gasteiger partial charge in [-0.05, 0) is 27.8 Å². The summed E-state index contributed by atoms with van der Waals surface area (Å²) in [6.45, 7) is -0.491. The van der Waals surface area contributed by atoms with Crippen LogP contribution >= 0.6 is 0 Å². The summed E-state index contributed by atoms with van der Waals surface area (Å²) in [6.07, 6.45) is -0.785. The molecule has 0 saturated carbocycles. The van der Waals surface area contributed by atoms with E-state index in [1.165, 1.54) is 7.05 Å². The number of rotatable bonds is 9. The first-order valence-electron chi connectivity index (χ1n) is 11.2. The minimum Gasteiger partial charge on any atom is -0.479 e. The van der Waals surface area contributed by atoms with Crippen molar-refractivity contribution in [2.75, 3.05) is 20.3 Å². The number of aliphatic carboxylic acids is 1. The molecule has 0 radical (unpaired) electrons. The van der Waals surface area contributed by atoms with Crippen LogP contribution in [0.3, 0.4) is 0 Å². The molecule has 1 atom stereocenters. The normalized spacial score (nSPS) is 12.8. The number of carboxylic acid groups (broad SMARTS) is 1. The predicted octanol–water partition coefficient (Wildman–Crippen LogP) is 4.13. The van der Waals surface area contributed by atoms with Gasteiger partial charge in [-0.1, -0.05) is 78.9 Å². The molecule has 2 N–H and O–H groups in total. The van der Waals surface area contributed by atoms with Crippen LogP contribution in [0.5, 0.6) is 0 Å². The number of alkyl carbamates (subject to hydrolysis) is 1. The van der Waals surface area contributed by atoms with E-state index in [1.54, 1.807) is 24.3 Å². The van der Waals surface area contributed by atoms with Crippen LogP contribution in [0, 0.1) is 0 Å². The summed E-state index contributed by atoms with van der Waals surface area (Å²) in [4.78, 5) is 41.0. The molecule has 1 aliphatic carbocycles. The van der Waals surface area contributed by atoms with E-state index in [9.17, 15) is 14.4 Å². The Morgan fingerprint density at radius 3 is 2.09 bits per heavy atom. The van der Waals surface area contributed by atoms with Gasteiger partial charge in [-0.2, -0.15) is 0 Å². The van der Waals surface area contributed by atoms with Crippen LogP contribution in [0.15, 0.2) is 78.9 Å². The molecule has 2 amide bonds. The molecule has 0 heterocycles. The number of fused-ring (bicyclic) bond motifs is 3. The molecule has 0 aromatic heterocycles. The minimum atomic E-state index is -1.19. The molecule has 8 nitrogen and oxygen atoms in total. The zero-order valence-electron chi connectivity index (χ0n) is 19.2. The van der Waals surface area contributed by atoms with E-state index in [-0.39, 0.29) is 18.9 Å². The second-order valence-corrected chi connectivity index (χ2v) is 8.20. The third-order valence-corrected chi connectivity index (χ3v) is 5.95. The van der Waals surface area contributed by atoms with Gasteiger partial charge in [0.2, 0.25) is 5.91 Å². The van der Waals surface area contributed by atoms with Crippen LogP contribution in [-0.4, -0.2) is 48.4 Å². The fourth-order valence-electron chi connectivity index (χ4n) is 4.25. The van der Waals surface area contributed by atoms with Crippen molar-refractivity contribution in [3.05, 3.63) is 95.6 Å². The first kappa shape index (κ1) is 24.0. The second-order valence-electron chi connectivity index (χ2n) is 8.20. The summed E-state index contributed by atoms with van der Waals surface area (Å²) in [7, 11) is 1.33. The Bertz CT molecular complexity index is 1170. The monoisotopic (exact) mass is 474 g/mol. The third-order valence-electron chi connectivity index (χ3n) is 5.95. The number of nitrogens with one attached hydrogen (secondary N) is 1. The standard InChI is InChI=1S/C27H26N2O6/c1-29(35-17-26(31)32)25(30)15-24(18-9-3-2-4-10-18)28-27(33)34-16-23-21-13-7-5-11-19(21)20-12-6-8-14-22(20)23/h2-14,23-24H,15-17H2,1H3,(H,28,33)(H,31,32). The van der Waals surface area contributed by atoms with E-state index in [4.69, 9.17) is 14.7 Å². The van der Waals surface area contributed by atoms with Gasteiger partial charge in [0, 0.05) is 13.0 Å². The number of hydroxylamine groups is 2. The summed E-state index contributed by atoms with van der Waals surface area (Å²) in [6, 6.07) is 24.5. The first-order chi connectivity index (χ1) is 16.9. The number of ether oxygens (including phenoxy) is 1. The lowest BCUT2D eigenvalue weighted by atomic mass is 9.98. The highest BCUT2D eigenvalue weighted by molar-refractivity contribution is 5.79. The molecule has 35 heavy (non-hydrogen) atoms. The van der Waals surface area contributed by atoms with Crippen molar-refractivity contribution in [3.63, 3.8) is 0 Å². The topological polar surface area (TPSA) is 105 Å².